The Bertz CT molecular complexity index is 651. The Balaban J connectivity index is 0.00000104. The van der Waals surface area contributed by atoms with Gasteiger partial charge in [0, 0.05) is 0 Å². The molecule has 4 rings (SSSR count). The first-order valence-corrected chi connectivity index (χ1v) is 23.0. The van der Waals surface area contributed by atoms with Crippen molar-refractivity contribution in [3.05, 3.63) is 46.6 Å². The molecule has 0 radical (unpaired) electrons. The molecule has 4 aliphatic carbocycles. The van der Waals surface area contributed by atoms with Crippen LogP contribution in [0.15, 0.2) is 46.6 Å². The molecular weight excluding hydrogens is 430 g/mol. The van der Waals surface area contributed by atoms with Crippen molar-refractivity contribution in [3.63, 3.8) is 0 Å². The first kappa shape index (κ1) is 20.9. The molecule has 0 heterocycles. The molecule has 2 unspecified atom stereocenters. The summed E-state index contributed by atoms with van der Waals surface area (Å²) < 4.78 is 7.22. The van der Waals surface area contributed by atoms with Crippen LogP contribution in [0.3, 0.4) is 0 Å². The molecule has 0 spiro atoms. The fraction of sp³-hybridized carbons (Fsp3) is 0.600. The third-order valence-electron chi connectivity index (χ3n) is 6.88. The second-order valence-corrected chi connectivity index (χ2v) is 39.8. The number of rotatable bonds is 2. The van der Waals surface area contributed by atoms with Gasteiger partial charge in [0.05, 0.1) is 0 Å². The normalized spacial score (nSPS) is 29.1. The van der Waals surface area contributed by atoms with Gasteiger partial charge >= 0.3 is 139 Å². The molecule has 134 valence electrons. The van der Waals surface area contributed by atoms with E-state index in [2.05, 4.69) is 40.4 Å². The van der Waals surface area contributed by atoms with Crippen LogP contribution in [0.2, 0.25) is 16.5 Å². The molecule has 0 saturated heterocycles. The molecule has 4 heteroatoms. The molecule has 0 amide bonds. The van der Waals surface area contributed by atoms with Crippen molar-refractivity contribution in [2.24, 2.45) is 0 Å². The van der Waals surface area contributed by atoms with Gasteiger partial charge < -0.3 is 0 Å². The fourth-order valence-corrected chi connectivity index (χ4v) is 21.9. The van der Waals surface area contributed by atoms with Gasteiger partial charge in [-0.05, 0) is 0 Å². The van der Waals surface area contributed by atoms with E-state index in [1.807, 2.05) is 11.1 Å². The number of halogens is 2. The topological polar surface area (TPSA) is 0 Å². The monoisotopic (exact) mass is 460 g/mol. The van der Waals surface area contributed by atoms with Crippen LogP contribution >= 0.6 is 24.8 Å². The van der Waals surface area contributed by atoms with E-state index in [1.165, 1.54) is 51.4 Å². The summed E-state index contributed by atoms with van der Waals surface area (Å²) in [4.78, 5) is 0. The van der Waals surface area contributed by atoms with Crippen LogP contribution in [0.1, 0.15) is 51.4 Å². The Morgan fingerprint density at radius 2 is 1.12 bits per heavy atom. The molecule has 0 bridgehead atoms. The summed E-state index contributed by atoms with van der Waals surface area (Å²) in [6.07, 6.45) is 21.5. The van der Waals surface area contributed by atoms with Gasteiger partial charge in [0.2, 0.25) is 0 Å². The molecule has 24 heavy (non-hydrogen) atoms. The van der Waals surface area contributed by atoms with Crippen LogP contribution in [-0.2, 0) is 17.4 Å². The summed E-state index contributed by atoms with van der Waals surface area (Å²) in [5.74, 6) is 0. The third kappa shape index (κ3) is 3.30. The second-order valence-electron chi connectivity index (χ2n) is 9.13. The maximum absolute atomic E-state index is 2.85. The second kappa shape index (κ2) is 7.34. The van der Waals surface area contributed by atoms with E-state index in [1.54, 1.807) is 11.1 Å². The molecule has 0 nitrogen and oxygen atoms in total. The van der Waals surface area contributed by atoms with Crippen LogP contribution in [-0.4, -0.2) is 6.88 Å². The van der Waals surface area contributed by atoms with Crippen LogP contribution in [0.5, 0.6) is 0 Å². The van der Waals surface area contributed by atoms with Crippen LogP contribution < -0.4 is 0 Å². The average molecular weight is 463 g/mol. The van der Waals surface area contributed by atoms with E-state index in [0.29, 0.717) is 0 Å². The zero-order valence-electron chi connectivity index (χ0n) is 15.1. The van der Waals surface area contributed by atoms with Gasteiger partial charge in [-0.1, -0.05) is 0 Å². The van der Waals surface area contributed by atoms with E-state index in [9.17, 15) is 0 Å². The Kier molecular flexibility index (Phi) is 6.40. The summed E-state index contributed by atoms with van der Waals surface area (Å²) >= 11 is -2.85. The first-order valence-electron chi connectivity index (χ1n) is 9.33. The predicted octanol–water partition coefficient (Wildman–Crippen LogP) is 6.62. The number of hydrogen-bond acceptors (Lipinski definition) is 0. The summed E-state index contributed by atoms with van der Waals surface area (Å²) in [5, 5.41) is 0. The van der Waals surface area contributed by atoms with Gasteiger partial charge in [-0.2, -0.15) is 0 Å². The van der Waals surface area contributed by atoms with Gasteiger partial charge in [0.25, 0.3) is 0 Å². The van der Waals surface area contributed by atoms with Crippen molar-refractivity contribution in [3.8, 4) is 0 Å². The van der Waals surface area contributed by atoms with Crippen molar-refractivity contribution in [2.45, 2.75) is 67.9 Å². The molecular formula is C20H32Cl2SiZr. The van der Waals surface area contributed by atoms with E-state index in [4.69, 9.17) is 0 Å². The zero-order chi connectivity index (χ0) is 15.4. The molecule has 0 saturated carbocycles. The fourth-order valence-electron chi connectivity index (χ4n) is 5.62. The van der Waals surface area contributed by atoms with E-state index >= 15 is 0 Å². The molecule has 0 aromatic carbocycles. The molecule has 0 aromatic heterocycles. The third-order valence-corrected chi connectivity index (χ3v) is 24.8. The van der Waals surface area contributed by atoms with E-state index in [0.717, 1.165) is 7.25 Å². The van der Waals surface area contributed by atoms with E-state index in [-0.39, 0.29) is 24.8 Å². The Hall–Kier alpha value is 0.640. The quantitative estimate of drug-likeness (QED) is 0.405. The van der Waals surface area contributed by atoms with Gasteiger partial charge in [0.15, 0.2) is 0 Å². The van der Waals surface area contributed by atoms with Gasteiger partial charge in [-0.3, -0.25) is 0 Å². The van der Waals surface area contributed by atoms with Crippen LogP contribution in [0, 0.1) is 0 Å². The molecule has 4 aliphatic rings. The molecule has 0 aliphatic heterocycles. The number of allylic oxidation sites excluding steroid dienone is 8. The summed E-state index contributed by atoms with van der Waals surface area (Å²) in [7, 11) is 0. The minimum absolute atomic E-state index is 0. The van der Waals surface area contributed by atoms with Crippen molar-refractivity contribution < 1.29 is 17.4 Å². The Labute approximate surface area is 162 Å². The van der Waals surface area contributed by atoms with Gasteiger partial charge in [-0.25, -0.2) is 0 Å². The average Bonchev–Trinajstić information content (AvgIpc) is 3.12. The molecule has 2 atom stereocenters. The standard InChI is InChI=1S/2C9H11.2CH3.2ClH.H2Si.Zr/c2*1-2-5-9-7-3-6-8(9)4-1;;;;;;/h2*3,6-7H,1-2,4-5H2;2*1H3;2*1H;1H2;. The first-order chi connectivity index (χ1) is 10.5. The number of hydrogen-bond donors (Lipinski definition) is 0. The van der Waals surface area contributed by atoms with Crippen LogP contribution in [0.4, 0.5) is 0 Å². The van der Waals surface area contributed by atoms with Crippen molar-refractivity contribution in [1.82, 2.24) is 0 Å². The SMILES string of the molecule is Cl.Cl.[CH3][Zr]([CH3])(=[SiH2])([CH]1C=CC2=C1CCCC2)[CH]1C=CC2=C1CCCC2. The van der Waals surface area contributed by atoms with Crippen molar-refractivity contribution in [1.29, 1.82) is 0 Å². The van der Waals surface area contributed by atoms with Gasteiger partial charge in [0.1, 0.15) is 0 Å². The summed E-state index contributed by atoms with van der Waals surface area (Å²) in [6, 6.07) is 0. The van der Waals surface area contributed by atoms with E-state index < -0.39 is 17.4 Å². The summed E-state index contributed by atoms with van der Waals surface area (Å²) in [5.41, 5.74) is 7.20. The predicted molar refractivity (Wildman–Crippen MR) is 112 cm³/mol. The zero-order valence-corrected chi connectivity index (χ0v) is 20.6. The van der Waals surface area contributed by atoms with Gasteiger partial charge in [-0.15, -0.1) is 24.8 Å². The Morgan fingerprint density at radius 3 is 1.54 bits per heavy atom. The van der Waals surface area contributed by atoms with Crippen molar-refractivity contribution in [2.75, 3.05) is 0 Å². The summed E-state index contributed by atoms with van der Waals surface area (Å²) in [6.45, 7) is 2.49. The molecule has 0 aromatic rings. The minimum atomic E-state index is -2.85. The van der Waals surface area contributed by atoms with Crippen LogP contribution in [0.25, 0.3) is 0 Å². The van der Waals surface area contributed by atoms with Crippen molar-refractivity contribution >= 4 is 31.7 Å². The molecule has 0 N–H and O–H groups in total. The Morgan fingerprint density at radius 1 is 0.750 bits per heavy atom. The maximum atomic E-state index is 2.76. The molecule has 0 fully saturated rings.